The van der Waals surface area contributed by atoms with Crippen molar-refractivity contribution in [1.29, 1.82) is 0 Å². The molecule has 18 heavy (non-hydrogen) atoms. The predicted molar refractivity (Wildman–Crippen MR) is 71.3 cm³/mol. The Balaban J connectivity index is 2.22. The summed E-state index contributed by atoms with van der Waals surface area (Å²) >= 11 is 0. The number of aryl methyl sites for hydroxylation is 1. The number of rotatable bonds is 4. The van der Waals surface area contributed by atoms with Gasteiger partial charge >= 0.3 is 0 Å². The summed E-state index contributed by atoms with van der Waals surface area (Å²) in [6.45, 7) is 2.12. The molecule has 2 rings (SSSR count). The van der Waals surface area contributed by atoms with Gasteiger partial charge in [0.25, 0.3) is 0 Å². The molecule has 0 aliphatic carbocycles. The molecule has 2 aromatic rings. The minimum Gasteiger partial charge on any atom is -0.314 e. The van der Waals surface area contributed by atoms with Gasteiger partial charge in [-0.3, -0.25) is 4.79 Å². The maximum atomic E-state index is 10.5. The van der Waals surface area contributed by atoms with Crippen molar-refractivity contribution in [1.82, 2.24) is 9.97 Å². The summed E-state index contributed by atoms with van der Waals surface area (Å²) < 4.78 is 0. The Morgan fingerprint density at radius 1 is 1.17 bits per heavy atom. The van der Waals surface area contributed by atoms with E-state index in [0.717, 1.165) is 18.4 Å². The fraction of sp³-hybridized carbons (Fsp3) is 0.214. The molecule has 0 spiro atoms. The van der Waals surface area contributed by atoms with Crippen LogP contribution in [0.25, 0.3) is 0 Å². The molecule has 0 N–H and O–H groups in total. The SMILES string of the molecule is CCc1ccc(N(C)c2ncc(C=O)cn2)cc1. The molecule has 1 aromatic heterocycles. The molecule has 0 radical (unpaired) electrons. The van der Waals surface area contributed by atoms with E-state index < -0.39 is 0 Å². The maximum absolute atomic E-state index is 10.5. The summed E-state index contributed by atoms with van der Waals surface area (Å²) in [6, 6.07) is 8.25. The van der Waals surface area contributed by atoms with Crippen LogP contribution in [0.1, 0.15) is 22.8 Å². The molecule has 4 nitrogen and oxygen atoms in total. The van der Waals surface area contributed by atoms with Gasteiger partial charge < -0.3 is 4.90 Å². The molecule has 0 aliphatic rings. The number of carbonyl (C=O) groups excluding carboxylic acids is 1. The first kappa shape index (κ1) is 12.2. The Kier molecular flexibility index (Phi) is 3.67. The summed E-state index contributed by atoms with van der Waals surface area (Å²) in [4.78, 5) is 20.7. The van der Waals surface area contributed by atoms with Crippen LogP contribution in [-0.2, 0) is 6.42 Å². The van der Waals surface area contributed by atoms with Gasteiger partial charge in [-0.1, -0.05) is 19.1 Å². The zero-order valence-corrected chi connectivity index (χ0v) is 10.5. The molecule has 0 unspecified atom stereocenters. The lowest BCUT2D eigenvalue weighted by Gasteiger charge is -2.17. The summed E-state index contributed by atoms with van der Waals surface area (Å²) in [6.07, 6.45) is 4.80. The Hall–Kier alpha value is -2.23. The van der Waals surface area contributed by atoms with Gasteiger partial charge in [0.1, 0.15) is 0 Å². The number of aldehydes is 1. The second-order valence-electron chi connectivity index (χ2n) is 4.01. The third kappa shape index (κ3) is 2.53. The van der Waals surface area contributed by atoms with Crippen molar-refractivity contribution < 1.29 is 4.79 Å². The standard InChI is InChI=1S/C14H15N3O/c1-3-11-4-6-13(7-5-11)17(2)14-15-8-12(10-18)9-16-14/h4-10H,3H2,1-2H3. The quantitative estimate of drug-likeness (QED) is 0.772. The number of anilines is 2. The molecule has 0 saturated carbocycles. The van der Waals surface area contributed by atoms with Crippen molar-refractivity contribution >= 4 is 17.9 Å². The highest BCUT2D eigenvalue weighted by Crippen LogP contribution is 2.20. The first-order chi connectivity index (χ1) is 8.74. The van der Waals surface area contributed by atoms with Crippen molar-refractivity contribution in [2.45, 2.75) is 13.3 Å². The number of hydrogen-bond acceptors (Lipinski definition) is 4. The fourth-order valence-electron chi connectivity index (χ4n) is 1.64. The fourth-order valence-corrected chi connectivity index (χ4v) is 1.64. The van der Waals surface area contributed by atoms with E-state index in [1.165, 1.54) is 18.0 Å². The lowest BCUT2D eigenvalue weighted by atomic mass is 10.1. The molecular weight excluding hydrogens is 226 g/mol. The lowest BCUT2D eigenvalue weighted by Crippen LogP contribution is -2.13. The molecule has 1 heterocycles. The minimum absolute atomic E-state index is 0.480. The molecule has 0 bridgehead atoms. The summed E-state index contributed by atoms with van der Waals surface area (Å²) in [7, 11) is 1.90. The molecule has 0 aliphatic heterocycles. The number of carbonyl (C=O) groups is 1. The largest absolute Gasteiger partial charge is 0.314 e. The van der Waals surface area contributed by atoms with Crippen molar-refractivity contribution in [2.75, 3.05) is 11.9 Å². The van der Waals surface area contributed by atoms with E-state index in [1.54, 1.807) is 0 Å². The molecule has 0 saturated heterocycles. The molecule has 0 amide bonds. The van der Waals surface area contributed by atoms with Crippen LogP contribution in [0, 0.1) is 0 Å². The third-order valence-corrected chi connectivity index (χ3v) is 2.83. The first-order valence-corrected chi connectivity index (χ1v) is 5.84. The number of nitrogens with zero attached hydrogens (tertiary/aromatic N) is 3. The highest BCUT2D eigenvalue weighted by Gasteiger charge is 2.06. The van der Waals surface area contributed by atoms with Crippen molar-refractivity contribution in [3.05, 3.63) is 47.8 Å². The van der Waals surface area contributed by atoms with Crippen molar-refractivity contribution in [3.63, 3.8) is 0 Å². The Bertz CT molecular complexity index is 520. The van der Waals surface area contributed by atoms with E-state index in [9.17, 15) is 4.79 Å². The highest BCUT2D eigenvalue weighted by molar-refractivity contribution is 5.73. The second kappa shape index (κ2) is 5.40. The van der Waals surface area contributed by atoms with E-state index in [-0.39, 0.29) is 0 Å². The summed E-state index contributed by atoms with van der Waals surface area (Å²) in [5.41, 5.74) is 2.80. The maximum Gasteiger partial charge on any atom is 0.229 e. The van der Waals surface area contributed by atoms with Crippen molar-refractivity contribution in [3.8, 4) is 0 Å². The van der Waals surface area contributed by atoms with Crippen LogP contribution in [0.2, 0.25) is 0 Å². The minimum atomic E-state index is 0.480. The zero-order chi connectivity index (χ0) is 13.0. The van der Waals surface area contributed by atoms with Crippen LogP contribution in [0.5, 0.6) is 0 Å². The van der Waals surface area contributed by atoms with Crippen LogP contribution in [-0.4, -0.2) is 23.3 Å². The highest BCUT2D eigenvalue weighted by atomic mass is 16.1. The Morgan fingerprint density at radius 2 is 1.78 bits per heavy atom. The van der Waals surface area contributed by atoms with Crippen LogP contribution in [0.3, 0.4) is 0 Å². The van der Waals surface area contributed by atoms with E-state index in [1.807, 2.05) is 24.1 Å². The lowest BCUT2D eigenvalue weighted by molar-refractivity contribution is 0.112. The van der Waals surface area contributed by atoms with Crippen LogP contribution in [0.15, 0.2) is 36.7 Å². The van der Waals surface area contributed by atoms with Gasteiger partial charge in [0.05, 0.1) is 5.56 Å². The zero-order valence-electron chi connectivity index (χ0n) is 10.5. The van der Waals surface area contributed by atoms with Gasteiger partial charge in [0.15, 0.2) is 6.29 Å². The van der Waals surface area contributed by atoms with E-state index in [0.29, 0.717) is 11.5 Å². The smallest absolute Gasteiger partial charge is 0.229 e. The molecule has 0 atom stereocenters. The van der Waals surface area contributed by atoms with Crippen molar-refractivity contribution in [2.24, 2.45) is 0 Å². The number of benzene rings is 1. The molecule has 0 fully saturated rings. The van der Waals surface area contributed by atoms with E-state index in [2.05, 4.69) is 29.0 Å². The van der Waals surface area contributed by atoms with Gasteiger partial charge in [-0.25, -0.2) is 9.97 Å². The summed E-state index contributed by atoms with van der Waals surface area (Å²) in [5, 5.41) is 0. The predicted octanol–water partition coefficient (Wildman–Crippen LogP) is 2.62. The summed E-state index contributed by atoms with van der Waals surface area (Å²) in [5.74, 6) is 0.574. The van der Waals surface area contributed by atoms with Gasteiger partial charge in [0, 0.05) is 25.1 Å². The first-order valence-electron chi connectivity index (χ1n) is 5.84. The normalized spacial score (nSPS) is 10.1. The number of aromatic nitrogens is 2. The van der Waals surface area contributed by atoms with Crippen LogP contribution < -0.4 is 4.90 Å². The van der Waals surface area contributed by atoms with Gasteiger partial charge in [-0.15, -0.1) is 0 Å². The average Bonchev–Trinajstić information content (AvgIpc) is 2.47. The Morgan fingerprint density at radius 3 is 2.28 bits per heavy atom. The average molecular weight is 241 g/mol. The Labute approximate surface area is 106 Å². The van der Waals surface area contributed by atoms with Gasteiger partial charge in [-0.05, 0) is 24.1 Å². The number of hydrogen-bond donors (Lipinski definition) is 0. The van der Waals surface area contributed by atoms with Gasteiger partial charge in [0.2, 0.25) is 5.95 Å². The second-order valence-corrected chi connectivity index (χ2v) is 4.01. The molecule has 1 aromatic carbocycles. The van der Waals surface area contributed by atoms with Crippen LogP contribution in [0.4, 0.5) is 11.6 Å². The topological polar surface area (TPSA) is 46.1 Å². The van der Waals surface area contributed by atoms with Crippen LogP contribution >= 0.6 is 0 Å². The third-order valence-electron chi connectivity index (χ3n) is 2.83. The van der Waals surface area contributed by atoms with E-state index >= 15 is 0 Å². The monoisotopic (exact) mass is 241 g/mol. The molecule has 92 valence electrons. The van der Waals surface area contributed by atoms with E-state index in [4.69, 9.17) is 0 Å². The molecule has 4 heteroatoms. The molecular formula is C14H15N3O. The van der Waals surface area contributed by atoms with Gasteiger partial charge in [-0.2, -0.15) is 0 Å².